The third-order valence-corrected chi connectivity index (χ3v) is 7.31. The molecule has 0 bridgehead atoms. The average molecular weight is 488 g/mol. The van der Waals surface area contributed by atoms with Crippen LogP contribution in [0.2, 0.25) is 0 Å². The molecule has 0 spiro atoms. The molecular formula is C26H29N7O3. The van der Waals surface area contributed by atoms with Crippen LogP contribution in [0.1, 0.15) is 43.7 Å². The van der Waals surface area contributed by atoms with Gasteiger partial charge >= 0.3 is 0 Å². The summed E-state index contributed by atoms with van der Waals surface area (Å²) in [6.45, 7) is 4.85. The Labute approximate surface area is 209 Å². The molecule has 5 rings (SSSR count). The summed E-state index contributed by atoms with van der Waals surface area (Å²) in [7, 11) is 1.57. The number of nitriles is 1. The van der Waals surface area contributed by atoms with Crippen LogP contribution in [0.3, 0.4) is 0 Å². The van der Waals surface area contributed by atoms with E-state index in [1.807, 2.05) is 28.0 Å². The van der Waals surface area contributed by atoms with Gasteiger partial charge in [0.1, 0.15) is 22.9 Å². The number of aromatic nitrogens is 4. The Morgan fingerprint density at radius 3 is 2.69 bits per heavy atom. The third kappa shape index (κ3) is 4.44. The number of carbonyl (C=O) groups is 2. The molecule has 10 nitrogen and oxygen atoms in total. The minimum absolute atomic E-state index is 0.0142. The Kier molecular flexibility index (Phi) is 6.46. The second kappa shape index (κ2) is 9.85. The minimum atomic E-state index is -0.152. The molecule has 10 heteroatoms. The smallest absolute Gasteiger partial charge is 0.243 e. The summed E-state index contributed by atoms with van der Waals surface area (Å²) in [4.78, 5) is 26.7. The van der Waals surface area contributed by atoms with Gasteiger partial charge in [-0.15, -0.1) is 0 Å². The van der Waals surface area contributed by atoms with Gasteiger partial charge in [0.25, 0.3) is 0 Å². The first-order valence-electron chi connectivity index (χ1n) is 12.2. The third-order valence-electron chi connectivity index (χ3n) is 7.31. The summed E-state index contributed by atoms with van der Waals surface area (Å²) >= 11 is 0. The molecule has 186 valence electrons. The van der Waals surface area contributed by atoms with Crippen LogP contribution >= 0.6 is 0 Å². The Hall–Kier alpha value is -4.13. The van der Waals surface area contributed by atoms with Crippen molar-refractivity contribution in [2.75, 3.05) is 20.2 Å². The van der Waals surface area contributed by atoms with E-state index in [0.29, 0.717) is 23.4 Å². The zero-order valence-electron chi connectivity index (χ0n) is 20.3. The first kappa shape index (κ1) is 23.6. The highest BCUT2D eigenvalue weighted by molar-refractivity contribution is 5.87. The molecule has 2 amide bonds. The maximum Gasteiger partial charge on any atom is 0.243 e. The summed E-state index contributed by atoms with van der Waals surface area (Å²) in [5.41, 5.74) is 2.89. The van der Waals surface area contributed by atoms with E-state index in [0.717, 1.165) is 49.8 Å². The van der Waals surface area contributed by atoms with Gasteiger partial charge in [0, 0.05) is 48.6 Å². The number of rotatable bonds is 6. The maximum absolute atomic E-state index is 13.2. The fourth-order valence-corrected chi connectivity index (χ4v) is 5.33. The fourth-order valence-electron chi connectivity index (χ4n) is 5.33. The van der Waals surface area contributed by atoms with Crippen LogP contribution in [0.4, 0.5) is 0 Å². The van der Waals surface area contributed by atoms with Gasteiger partial charge in [-0.3, -0.25) is 14.3 Å². The number of fused-ring (bicyclic) bond motifs is 1. The molecule has 1 N–H and O–H groups in total. The number of ether oxygens (including phenoxy) is 1. The van der Waals surface area contributed by atoms with Crippen molar-refractivity contribution in [1.29, 1.82) is 5.26 Å². The second-order valence-electron chi connectivity index (χ2n) is 9.46. The van der Waals surface area contributed by atoms with Crippen LogP contribution in [0.5, 0.6) is 5.75 Å². The Morgan fingerprint density at radius 2 is 1.97 bits per heavy atom. The second-order valence-corrected chi connectivity index (χ2v) is 9.46. The Balaban J connectivity index is 1.24. The van der Waals surface area contributed by atoms with Gasteiger partial charge in [0.05, 0.1) is 25.5 Å². The van der Waals surface area contributed by atoms with Crippen molar-refractivity contribution in [2.24, 2.45) is 5.92 Å². The molecule has 0 unspecified atom stereocenters. The Morgan fingerprint density at radius 1 is 1.17 bits per heavy atom. The molecule has 0 aromatic carbocycles. The summed E-state index contributed by atoms with van der Waals surface area (Å²) in [6, 6.07) is 4.27. The van der Waals surface area contributed by atoms with Gasteiger partial charge in [-0.1, -0.05) is 6.58 Å². The number of hydrogen-bond acceptors (Lipinski definition) is 6. The summed E-state index contributed by atoms with van der Waals surface area (Å²) in [5, 5.41) is 21.1. The molecule has 1 saturated heterocycles. The molecule has 1 saturated carbocycles. The lowest BCUT2D eigenvalue weighted by Gasteiger charge is -2.30. The van der Waals surface area contributed by atoms with Gasteiger partial charge in [-0.25, -0.2) is 4.52 Å². The molecular weight excluding hydrogens is 458 g/mol. The van der Waals surface area contributed by atoms with Gasteiger partial charge in [-0.05, 0) is 44.2 Å². The summed E-state index contributed by atoms with van der Waals surface area (Å²) in [5.74, 6) is 0.646. The largest absolute Gasteiger partial charge is 0.494 e. The standard InChI is InChI=1S/C26H29N7O3/c1-3-24(34)30-21-6-4-17(5-7-21)26(35)31-9-8-22(16-31)32-15-20(13-28-32)18-10-23(36-2)25-19(11-27)12-29-33(25)14-18/h3,10,12-15,17,21-22H,1,4-9,16H2,2H3,(H,30,34)/t17?,21?,22-/m1/s1. The average Bonchev–Trinajstić information content (AvgIpc) is 3.67. The van der Waals surface area contributed by atoms with E-state index in [1.165, 1.54) is 12.3 Å². The predicted octanol–water partition coefficient (Wildman–Crippen LogP) is 2.71. The van der Waals surface area contributed by atoms with Crippen LogP contribution < -0.4 is 10.1 Å². The van der Waals surface area contributed by atoms with Crippen molar-refractivity contribution in [3.8, 4) is 22.9 Å². The molecule has 1 atom stereocenters. The zero-order chi connectivity index (χ0) is 25.2. The molecule has 0 radical (unpaired) electrons. The van der Waals surface area contributed by atoms with E-state index >= 15 is 0 Å². The van der Waals surface area contributed by atoms with E-state index in [1.54, 1.807) is 17.8 Å². The number of amides is 2. The summed E-state index contributed by atoms with van der Waals surface area (Å²) in [6.07, 6.45) is 12.5. The van der Waals surface area contributed by atoms with E-state index in [4.69, 9.17) is 4.74 Å². The molecule has 3 aromatic heterocycles. The molecule has 1 aliphatic carbocycles. The van der Waals surface area contributed by atoms with Crippen LogP contribution in [0, 0.1) is 17.2 Å². The van der Waals surface area contributed by atoms with Crippen LogP contribution in [-0.4, -0.2) is 62.3 Å². The number of likely N-dealkylation sites (tertiary alicyclic amines) is 1. The lowest BCUT2D eigenvalue weighted by atomic mass is 9.85. The topological polar surface area (TPSA) is 118 Å². The molecule has 4 heterocycles. The van der Waals surface area contributed by atoms with E-state index < -0.39 is 0 Å². The number of nitrogens with zero attached hydrogens (tertiary/aromatic N) is 6. The summed E-state index contributed by atoms with van der Waals surface area (Å²) < 4.78 is 9.10. The first-order chi connectivity index (χ1) is 17.5. The van der Waals surface area contributed by atoms with Gasteiger partial charge < -0.3 is 15.0 Å². The molecule has 2 fully saturated rings. The van der Waals surface area contributed by atoms with Crippen molar-refractivity contribution < 1.29 is 14.3 Å². The van der Waals surface area contributed by atoms with Crippen molar-refractivity contribution in [3.63, 3.8) is 0 Å². The number of carbonyl (C=O) groups excluding carboxylic acids is 2. The maximum atomic E-state index is 13.2. The lowest BCUT2D eigenvalue weighted by Crippen LogP contribution is -2.41. The monoisotopic (exact) mass is 487 g/mol. The van der Waals surface area contributed by atoms with Crippen LogP contribution in [-0.2, 0) is 9.59 Å². The number of hydrogen-bond donors (Lipinski definition) is 1. The van der Waals surface area contributed by atoms with Gasteiger partial charge in [0.15, 0.2) is 0 Å². The molecule has 3 aromatic rings. The van der Waals surface area contributed by atoms with Crippen LogP contribution in [0.25, 0.3) is 16.6 Å². The highest BCUT2D eigenvalue weighted by Gasteiger charge is 2.34. The molecule has 1 aliphatic heterocycles. The van der Waals surface area contributed by atoms with Crippen molar-refractivity contribution >= 4 is 17.3 Å². The fraction of sp³-hybridized carbons (Fsp3) is 0.423. The zero-order valence-corrected chi connectivity index (χ0v) is 20.3. The van der Waals surface area contributed by atoms with Gasteiger partial charge in [0.2, 0.25) is 11.8 Å². The first-order valence-corrected chi connectivity index (χ1v) is 12.2. The lowest BCUT2D eigenvalue weighted by molar-refractivity contribution is -0.135. The van der Waals surface area contributed by atoms with Crippen molar-refractivity contribution in [1.82, 2.24) is 29.6 Å². The minimum Gasteiger partial charge on any atom is -0.494 e. The van der Waals surface area contributed by atoms with E-state index in [9.17, 15) is 14.9 Å². The van der Waals surface area contributed by atoms with Crippen molar-refractivity contribution in [2.45, 2.75) is 44.2 Å². The normalized spacial score (nSPS) is 21.8. The highest BCUT2D eigenvalue weighted by Crippen LogP contribution is 2.32. The quantitative estimate of drug-likeness (QED) is 0.534. The van der Waals surface area contributed by atoms with Crippen molar-refractivity contribution in [3.05, 3.63) is 49.1 Å². The van der Waals surface area contributed by atoms with E-state index in [2.05, 4.69) is 28.2 Å². The van der Waals surface area contributed by atoms with Crippen LogP contribution in [0.15, 0.2) is 43.5 Å². The van der Waals surface area contributed by atoms with Gasteiger partial charge in [-0.2, -0.15) is 15.5 Å². The number of methoxy groups -OCH3 is 1. The predicted molar refractivity (Wildman–Crippen MR) is 132 cm³/mol. The Bertz CT molecular complexity index is 1340. The number of pyridine rings is 1. The molecule has 2 aliphatic rings. The SMILES string of the molecule is C=CC(=O)NC1CCC(C(=O)N2CC[C@@H](n3cc(-c4cc(OC)c5c(C#N)cnn5c4)cn3)C2)CC1. The number of nitrogens with one attached hydrogen (secondary N) is 1. The van der Waals surface area contributed by atoms with E-state index in [-0.39, 0.29) is 29.8 Å². The highest BCUT2D eigenvalue weighted by atomic mass is 16.5. The molecule has 36 heavy (non-hydrogen) atoms.